The van der Waals surface area contributed by atoms with Crippen LogP contribution in [-0.4, -0.2) is 39.8 Å². The number of hydrogen-bond acceptors (Lipinski definition) is 3. The van der Waals surface area contributed by atoms with Crippen molar-refractivity contribution in [2.75, 3.05) is 22.9 Å². The summed E-state index contributed by atoms with van der Waals surface area (Å²) in [7, 11) is 0. The van der Waals surface area contributed by atoms with Crippen LogP contribution in [0, 0.1) is 12.7 Å². The van der Waals surface area contributed by atoms with Crippen LogP contribution in [0.1, 0.15) is 55.9 Å². The van der Waals surface area contributed by atoms with Gasteiger partial charge < -0.3 is 9.80 Å². The van der Waals surface area contributed by atoms with Crippen molar-refractivity contribution in [2.45, 2.75) is 71.4 Å². The Kier molecular flexibility index (Phi) is 6.84. The van der Waals surface area contributed by atoms with Crippen LogP contribution in [0.5, 0.6) is 0 Å². The van der Waals surface area contributed by atoms with Crippen molar-refractivity contribution >= 4 is 17.5 Å². The summed E-state index contributed by atoms with van der Waals surface area (Å²) in [6.45, 7) is 9.04. The van der Waals surface area contributed by atoms with Gasteiger partial charge in [-0.25, -0.2) is 9.18 Å². The fourth-order valence-electron chi connectivity index (χ4n) is 5.54. The first-order valence-electron chi connectivity index (χ1n) is 13.2. The minimum Gasteiger partial charge on any atom is -0.369 e. The molecule has 39 heavy (non-hydrogen) atoms. The number of carbonyl (C=O) groups is 1. The summed E-state index contributed by atoms with van der Waals surface area (Å²) in [6, 6.07) is 9.87. The highest BCUT2D eigenvalue weighted by atomic mass is 19.4. The standard InChI is InChI=1S/C29H33F4N5O/c1-19-8-7-11-24(30)25(19)35-14-12-22(13-15-35)36-17-21-18-38(28(2,3)4)34-26(21)37(27(36)39)16-20-9-5-6-10-23(20)29(31,32)33/h5-11,18,22H,12-17H2,1-4H3. The van der Waals surface area contributed by atoms with Gasteiger partial charge in [0.1, 0.15) is 5.82 Å². The Balaban J connectivity index is 1.44. The van der Waals surface area contributed by atoms with Crippen LogP contribution in [0.3, 0.4) is 0 Å². The summed E-state index contributed by atoms with van der Waals surface area (Å²) in [5.74, 6) is 0.124. The zero-order chi connectivity index (χ0) is 28.1. The lowest BCUT2D eigenvalue weighted by atomic mass is 10.00. The fourth-order valence-corrected chi connectivity index (χ4v) is 5.54. The van der Waals surface area contributed by atoms with E-state index in [9.17, 15) is 22.4 Å². The van der Waals surface area contributed by atoms with Gasteiger partial charge in [0.05, 0.1) is 29.9 Å². The fraction of sp³-hybridized carbons (Fsp3) is 0.448. The largest absolute Gasteiger partial charge is 0.416 e. The third kappa shape index (κ3) is 5.21. The normalized spacial score (nSPS) is 17.1. The maximum absolute atomic E-state index is 14.6. The number of hydrogen-bond donors (Lipinski definition) is 0. The molecule has 0 aliphatic carbocycles. The smallest absolute Gasteiger partial charge is 0.369 e. The molecule has 2 aromatic carbocycles. The van der Waals surface area contributed by atoms with Crippen molar-refractivity contribution in [3.63, 3.8) is 0 Å². The van der Waals surface area contributed by atoms with Crippen LogP contribution in [0.4, 0.5) is 33.9 Å². The predicted molar refractivity (Wildman–Crippen MR) is 142 cm³/mol. The lowest BCUT2D eigenvalue weighted by molar-refractivity contribution is -0.138. The van der Waals surface area contributed by atoms with Gasteiger partial charge in [0, 0.05) is 30.9 Å². The number of carbonyl (C=O) groups excluding carboxylic acids is 1. The van der Waals surface area contributed by atoms with Crippen molar-refractivity contribution in [1.82, 2.24) is 14.7 Å². The Hall–Kier alpha value is -3.56. The van der Waals surface area contributed by atoms with E-state index in [1.54, 1.807) is 21.7 Å². The highest BCUT2D eigenvalue weighted by Gasteiger charge is 2.40. The molecule has 0 saturated carbocycles. The first-order chi connectivity index (χ1) is 18.3. The van der Waals surface area contributed by atoms with E-state index < -0.39 is 11.7 Å². The highest BCUT2D eigenvalue weighted by molar-refractivity contribution is 5.94. The minimum absolute atomic E-state index is 0.0151. The Morgan fingerprint density at radius 1 is 1.00 bits per heavy atom. The summed E-state index contributed by atoms with van der Waals surface area (Å²) >= 11 is 0. The van der Waals surface area contributed by atoms with E-state index in [0.29, 0.717) is 44.0 Å². The number of aryl methyl sites for hydroxylation is 1. The molecule has 3 heterocycles. The molecule has 1 saturated heterocycles. The van der Waals surface area contributed by atoms with Gasteiger partial charge in [0.25, 0.3) is 0 Å². The van der Waals surface area contributed by atoms with Gasteiger partial charge in [-0.05, 0) is 63.8 Å². The second kappa shape index (κ2) is 9.88. The number of aromatic nitrogens is 2. The molecule has 0 unspecified atom stereocenters. The second-order valence-electron chi connectivity index (χ2n) is 11.4. The monoisotopic (exact) mass is 543 g/mol. The number of amides is 2. The van der Waals surface area contributed by atoms with E-state index in [0.717, 1.165) is 17.2 Å². The lowest BCUT2D eigenvalue weighted by Gasteiger charge is -2.43. The molecular weight excluding hydrogens is 510 g/mol. The summed E-state index contributed by atoms with van der Waals surface area (Å²) in [6.07, 6.45) is -1.42. The Morgan fingerprint density at radius 2 is 1.69 bits per heavy atom. The maximum atomic E-state index is 14.6. The quantitative estimate of drug-likeness (QED) is 0.344. The second-order valence-corrected chi connectivity index (χ2v) is 11.4. The van der Waals surface area contributed by atoms with Gasteiger partial charge in [0.15, 0.2) is 5.82 Å². The van der Waals surface area contributed by atoms with Crippen LogP contribution >= 0.6 is 0 Å². The van der Waals surface area contributed by atoms with E-state index in [1.165, 1.54) is 23.1 Å². The number of fused-ring (bicyclic) bond motifs is 1. The molecule has 1 aromatic heterocycles. The summed E-state index contributed by atoms with van der Waals surface area (Å²) in [4.78, 5) is 19.1. The van der Waals surface area contributed by atoms with E-state index in [4.69, 9.17) is 0 Å². The highest BCUT2D eigenvalue weighted by Crippen LogP contribution is 2.37. The molecule has 0 spiro atoms. The zero-order valence-electron chi connectivity index (χ0n) is 22.6. The van der Waals surface area contributed by atoms with Gasteiger partial charge in [-0.3, -0.25) is 9.58 Å². The van der Waals surface area contributed by atoms with Crippen LogP contribution in [0.2, 0.25) is 0 Å². The Morgan fingerprint density at radius 3 is 2.33 bits per heavy atom. The van der Waals surface area contributed by atoms with Gasteiger partial charge in [-0.2, -0.15) is 18.3 Å². The molecule has 1 fully saturated rings. The number of para-hydroxylation sites is 1. The van der Waals surface area contributed by atoms with Crippen molar-refractivity contribution < 1.29 is 22.4 Å². The maximum Gasteiger partial charge on any atom is 0.416 e. The van der Waals surface area contributed by atoms with Crippen molar-refractivity contribution in [2.24, 2.45) is 0 Å². The number of benzene rings is 2. The first-order valence-corrected chi connectivity index (χ1v) is 13.2. The molecule has 208 valence electrons. The molecule has 0 N–H and O–H groups in total. The molecule has 2 amide bonds. The summed E-state index contributed by atoms with van der Waals surface area (Å²) < 4.78 is 57.7. The topological polar surface area (TPSA) is 44.6 Å². The first kappa shape index (κ1) is 27.0. The van der Waals surface area contributed by atoms with Crippen LogP contribution in [0.15, 0.2) is 48.7 Å². The van der Waals surface area contributed by atoms with Gasteiger partial charge in [-0.15, -0.1) is 0 Å². The van der Waals surface area contributed by atoms with E-state index in [-0.39, 0.29) is 35.5 Å². The third-order valence-electron chi connectivity index (χ3n) is 7.59. The molecule has 2 aliphatic heterocycles. The number of rotatable bonds is 4. The minimum atomic E-state index is -4.54. The SMILES string of the molecule is Cc1cccc(F)c1N1CCC(N2Cc3cn(C(C)(C)C)nc3N(Cc3ccccc3C(F)(F)F)C2=O)CC1. The molecule has 0 radical (unpaired) electrons. The van der Waals surface area contributed by atoms with Crippen LogP contribution < -0.4 is 9.80 Å². The average Bonchev–Trinajstić information content (AvgIpc) is 3.31. The molecule has 10 heteroatoms. The molecule has 5 rings (SSSR count). The van der Waals surface area contributed by atoms with Crippen molar-refractivity contribution in [3.8, 4) is 0 Å². The number of piperidine rings is 1. The zero-order valence-corrected chi connectivity index (χ0v) is 22.6. The Bertz CT molecular complexity index is 1350. The number of alkyl halides is 3. The van der Waals surface area contributed by atoms with E-state index >= 15 is 0 Å². The number of halogens is 4. The van der Waals surface area contributed by atoms with Crippen molar-refractivity contribution in [3.05, 3.63) is 76.7 Å². The molecule has 6 nitrogen and oxygen atoms in total. The lowest BCUT2D eigenvalue weighted by Crippen LogP contribution is -2.54. The molecule has 2 aliphatic rings. The number of anilines is 2. The average molecular weight is 544 g/mol. The third-order valence-corrected chi connectivity index (χ3v) is 7.59. The van der Waals surface area contributed by atoms with Gasteiger partial charge in [0.2, 0.25) is 0 Å². The number of nitrogens with zero attached hydrogens (tertiary/aromatic N) is 5. The van der Waals surface area contributed by atoms with Gasteiger partial charge in [-0.1, -0.05) is 30.3 Å². The number of urea groups is 1. The predicted octanol–water partition coefficient (Wildman–Crippen LogP) is 6.72. The van der Waals surface area contributed by atoms with Gasteiger partial charge >= 0.3 is 12.2 Å². The van der Waals surface area contributed by atoms with E-state index in [1.807, 2.05) is 44.9 Å². The van der Waals surface area contributed by atoms with Crippen LogP contribution in [-0.2, 0) is 24.8 Å². The molecule has 0 bridgehead atoms. The summed E-state index contributed by atoms with van der Waals surface area (Å²) in [5, 5.41) is 4.66. The van der Waals surface area contributed by atoms with Crippen molar-refractivity contribution in [1.29, 1.82) is 0 Å². The van der Waals surface area contributed by atoms with E-state index in [2.05, 4.69) is 5.10 Å². The Labute approximate surface area is 225 Å². The molecule has 3 aromatic rings. The molecular formula is C29H33F4N5O. The van der Waals surface area contributed by atoms with Crippen LogP contribution in [0.25, 0.3) is 0 Å². The molecule has 0 atom stereocenters. The summed E-state index contributed by atoms with van der Waals surface area (Å²) in [5.41, 5.74) is 1.11.